The Hall–Kier alpha value is -3.49. The topological polar surface area (TPSA) is 95.2 Å². The number of imidazole rings is 1. The van der Waals surface area contributed by atoms with Crippen LogP contribution in [0.25, 0.3) is 22.4 Å². The highest BCUT2D eigenvalue weighted by Crippen LogP contribution is 2.26. The Bertz CT molecular complexity index is 1390. The number of fused-ring (bicyclic) bond motifs is 1. The summed E-state index contributed by atoms with van der Waals surface area (Å²) in [5.74, 6) is 0.477. The number of benzene rings is 3. The van der Waals surface area contributed by atoms with Gasteiger partial charge >= 0.3 is 0 Å². The maximum absolute atomic E-state index is 12.9. The molecule has 0 bridgehead atoms. The molecular weight excluding hydrogens is 448 g/mol. The number of carbonyl (C=O) groups is 1. The molecule has 0 unspecified atom stereocenters. The minimum atomic E-state index is -3.54. The second kappa shape index (κ2) is 9.04. The van der Waals surface area contributed by atoms with Gasteiger partial charge in [0.15, 0.2) is 0 Å². The van der Waals surface area contributed by atoms with Crippen molar-refractivity contribution in [2.45, 2.75) is 24.7 Å². The predicted molar refractivity (Wildman–Crippen MR) is 133 cm³/mol. The number of aromatic nitrogens is 2. The number of hydrogen-bond acceptors (Lipinski definition) is 4. The van der Waals surface area contributed by atoms with Crippen LogP contribution in [0.5, 0.6) is 0 Å². The molecular formula is C26H26N4O3S. The number of nitrogens with one attached hydrogen (secondary N) is 2. The number of anilines is 1. The van der Waals surface area contributed by atoms with E-state index in [1.54, 1.807) is 24.3 Å². The first-order chi connectivity index (χ1) is 16.4. The molecule has 1 aliphatic heterocycles. The zero-order valence-corrected chi connectivity index (χ0v) is 19.7. The fourth-order valence-electron chi connectivity index (χ4n) is 4.26. The van der Waals surface area contributed by atoms with Crippen molar-refractivity contribution < 1.29 is 13.2 Å². The summed E-state index contributed by atoms with van der Waals surface area (Å²) in [6.07, 6.45) is 0.988. The third-order valence-corrected chi connectivity index (χ3v) is 8.21. The van der Waals surface area contributed by atoms with E-state index in [1.165, 1.54) is 4.31 Å². The number of aryl methyl sites for hydroxylation is 1. The number of H-pyrrole nitrogens is 1. The first-order valence-electron chi connectivity index (χ1n) is 11.3. The molecule has 4 aromatic rings. The lowest BCUT2D eigenvalue weighted by Gasteiger charge is -2.30. The zero-order valence-electron chi connectivity index (χ0n) is 18.9. The van der Waals surface area contributed by atoms with Crippen LogP contribution in [0.4, 0.5) is 5.69 Å². The molecule has 0 atom stereocenters. The van der Waals surface area contributed by atoms with Gasteiger partial charge in [0, 0.05) is 30.3 Å². The molecule has 0 radical (unpaired) electrons. The van der Waals surface area contributed by atoms with Crippen LogP contribution >= 0.6 is 0 Å². The highest BCUT2D eigenvalue weighted by Gasteiger charge is 2.32. The molecule has 0 aliphatic carbocycles. The van der Waals surface area contributed by atoms with Gasteiger partial charge in [-0.05, 0) is 68.3 Å². The van der Waals surface area contributed by atoms with Gasteiger partial charge in [-0.3, -0.25) is 4.79 Å². The molecule has 7 nitrogen and oxygen atoms in total. The molecule has 1 amide bonds. The van der Waals surface area contributed by atoms with Gasteiger partial charge in [-0.2, -0.15) is 4.31 Å². The fraction of sp³-hybridized carbons (Fsp3) is 0.231. The maximum Gasteiger partial charge on any atom is 0.243 e. The summed E-state index contributed by atoms with van der Waals surface area (Å²) in [6.45, 7) is 2.59. The number of hydrogen-bond donors (Lipinski definition) is 2. The molecule has 8 heteroatoms. The van der Waals surface area contributed by atoms with Crippen molar-refractivity contribution in [1.29, 1.82) is 0 Å². The summed E-state index contributed by atoms with van der Waals surface area (Å²) in [5.41, 5.74) is 4.54. The monoisotopic (exact) mass is 474 g/mol. The Morgan fingerprint density at radius 1 is 0.971 bits per heavy atom. The number of para-hydroxylation sites is 2. The van der Waals surface area contributed by atoms with Crippen molar-refractivity contribution in [3.8, 4) is 11.4 Å². The maximum atomic E-state index is 12.9. The average molecular weight is 475 g/mol. The van der Waals surface area contributed by atoms with Crippen LogP contribution < -0.4 is 5.32 Å². The highest BCUT2D eigenvalue weighted by atomic mass is 32.2. The van der Waals surface area contributed by atoms with Crippen molar-refractivity contribution >= 4 is 32.7 Å². The molecule has 0 spiro atoms. The number of piperidine rings is 1. The molecule has 5 rings (SSSR count). The van der Waals surface area contributed by atoms with E-state index in [1.807, 2.05) is 55.5 Å². The van der Waals surface area contributed by atoms with E-state index in [2.05, 4.69) is 15.3 Å². The van der Waals surface area contributed by atoms with Crippen LogP contribution in [0.15, 0.2) is 77.7 Å². The molecule has 1 aliphatic rings. The Morgan fingerprint density at radius 3 is 2.32 bits per heavy atom. The Morgan fingerprint density at radius 2 is 1.65 bits per heavy atom. The second-order valence-corrected chi connectivity index (χ2v) is 10.6. The van der Waals surface area contributed by atoms with Gasteiger partial charge in [-0.15, -0.1) is 0 Å². The summed E-state index contributed by atoms with van der Waals surface area (Å²) < 4.78 is 27.3. The lowest BCUT2D eigenvalue weighted by molar-refractivity contribution is -0.120. The predicted octanol–water partition coefficient (Wildman–Crippen LogP) is 4.58. The van der Waals surface area contributed by atoms with Gasteiger partial charge in [0.25, 0.3) is 0 Å². The van der Waals surface area contributed by atoms with Crippen molar-refractivity contribution in [1.82, 2.24) is 14.3 Å². The van der Waals surface area contributed by atoms with Crippen molar-refractivity contribution in [2.24, 2.45) is 5.92 Å². The fourth-order valence-corrected chi connectivity index (χ4v) is 5.73. The van der Waals surface area contributed by atoms with Crippen LogP contribution in [0.2, 0.25) is 0 Å². The van der Waals surface area contributed by atoms with E-state index in [4.69, 9.17) is 0 Å². The van der Waals surface area contributed by atoms with E-state index in [0.717, 1.165) is 28.0 Å². The smallest absolute Gasteiger partial charge is 0.243 e. The van der Waals surface area contributed by atoms with Gasteiger partial charge in [0.2, 0.25) is 15.9 Å². The normalized spacial score (nSPS) is 15.4. The van der Waals surface area contributed by atoms with E-state index in [9.17, 15) is 13.2 Å². The molecule has 1 saturated heterocycles. The largest absolute Gasteiger partial charge is 0.338 e. The zero-order chi connectivity index (χ0) is 23.7. The Kier molecular flexibility index (Phi) is 5.93. The molecule has 3 aromatic carbocycles. The quantitative estimate of drug-likeness (QED) is 0.443. The third kappa shape index (κ3) is 4.47. The van der Waals surface area contributed by atoms with Crippen LogP contribution in [-0.4, -0.2) is 41.7 Å². The van der Waals surface area contributed by atoms with Gasteiger partial charge in [0.1, 0.15) is 5.82 Å². The minimum absolute atomic E-state index is 0.0797. The number of nitrogens with zero attached hydrogens (tertiary/aromatic N) is 2. The Labute approximate surface area is 198 Å². The van der Waals surface area contributed by atoms with Crippen molar-refractivity contribution in [3.05, 3.63) is 78.4 Å². The van der Waals surface area contributed by atoms with Crippen LogP contribution in [0.3, 0.4) is 0 Å². The number of amides is 1. The molecule has 1 fully saturated rings. The summed E-state index contributed by atoms with van der Waals surface area (Å²) in [4.78, 5) is 21.0. The molecule has 1 aromatic heterocycles. The van der Waals surface area contributed by atoms with Crippen LogP contribution in [0, 0.1) is 12.8 Å². The molecule has 0 saturated carbocycles. The summed E-state index contributed by atoms with van der Waals surface area (Å²) >= 11 is 0. The first-order valence-corrected chi connectivity index (χ1v) is 12.8. The molecule has 34 heavy (non-hydrogen) atoms. The highest BCUT2D eigenvalue weighted by molar-refractivity contribution is 7.89. The number of rotatable bonds is 5. The molecule has 2 N–H and O–H groups in total. The summed E-state index contributed by atoms with van der Waals surface area (Å²) in [7, 11) is -3.54. The Balaban J connectivity index is 1.19. The van der Waals surface area contributed by atoms with E-state index < -0.39 is 10.0 Å². The average Bonchev–Trinajstić information content (AvgIpc) is 3.29. The molecule has 174 valence electrons. The first kappa shape index (κ1) is 22.3. The van der Waals surface area contributed by atoms with Gasteiger partial charge < -0.3 is 10.3 Å². The number of aromatic amines is 1. The summed E-state index contributed by atoms with van der Waals surface area (Å²) in [5, 5.41) is 2.97. The van der Waals surface area contributed by atoms with Gasteiger partial charge in [0.05, 0.1) is 15.9 Å². The van der Waals surface area contributed by atoms with Gasteiger partial charge in [-0.25, -0.2) is 13.4 Å². The van der Waals surface area contributed by atoms with E-state index >= 15 is 0 Å². The van der Waals surface area contributed by atoms with Crippen LogP contribution in [0.1, 0.15) is 18.4 Å². The van der Waals surface area contributed by atoms with Crippen molar-refractivity contribution in [3.63, 3.8) is 0 Å². The summed E-state index contributed by atoms with van der Waals surface area (Å²) in [6, 6.07) is 22.3. The standard InChI is InChI=1S/C26H26N4O3S/c1-18-6-12-22(13-7-18)34(32,33)30-16-14-20(15-17-30)26(31)27-21-10-8-19(9-11-21)25-28-23-4-2-3-5-24(23)29-25/h2-13,20H,14-17H2,1H3,(H,27,31)(H,28,29). The lowest BCUT2D eigenvalue weighted by Crippen LogP contribution is -2.41. The molecule has 2 heterocycles. The van der Waals surface area contributed by atoms with E-state index in [-0.39, 0.29) is 11.8 Å². The minimum Gasteiger partial charge on any atom is -0.338 e. The SMILES string of the molecule is Cc1ccc(S(=O)(=O)N2CCC(C(=O)Nc3ccc(-c4nc5ccccc5[nH]4)cc3)CC2)cc1. The van der Waals surface area contributed by atoms with Gasteiger partial charge in [-0.1, -0.05) is 29.8 Å². The van der Waals surface area contributed by atoms with Crippen LogP contribution in [-0.2, 0) is 14.8 Å². The van der Waals surface area contributed by atoms with E-state index in [0.29, 0.717) is 36.5 Å². The number of sulfonamides is 1. The number of carbonyl (C=O) groups excluding carboxylic acids is 1. The third-order valence-electron chi connectivity index (χ3n) is 6.30. The second-order valence-electron chi connectivity index (χ2n) is 8.66. The lowest BCUT2D eigenvalue weighted by atomic mass is 9.97. The van der Waals surface area contributed by atoms with Crippen molar-refractivity contribution in [2.75, 3.05) is 18.4 Å².